The van der Waals surface area contributed by atoms with E-state index in [-0.39, 0.29) is 12.2 Å². The number of anilines is 1. The van der Waals surface area contributed by atoms with Crippen molar-refractivity contribution < 1.29 is 13.2 Å². The van der Waals surface area contributed by atoms with Gasteiger partial charge in [0, 0.05) is 16.7 Å². The maximum Gasteiger partial charge on any atom is 0.418 e. The van der Waals surface area contributed by atoms with Crippen LogP contribution in [0.15, 0.2) is 46.9 Å². The molecular formula is C15H10BrF3N2. The van der Waals surface area contributed by atoms with Crippen LogP contribution in [0.4, 0.5) is 18.9 Å². The van der Waals surface area contributed by atoms with Crippen molar-refractivity contribution in [2.45, 2.75) is 12.7 Å². The van der Waals surface area contributed by atoms with Gasteiger partial charge >= 0.3 is 6.18 Å². The topological polar surface area (TPSA) is 35.8 Å². The predicted molar refractivity (Wildman–Crippen MR) is 77.6 cm³/mol. The Bertz CT molecular complexity index is 690. The number of rotatable bonds is 3. The van der Waals surface area contributed by atoms with Gasteiger partial charge in [-0.3, -0.25) is 0 Å². The Balaban J connectivity index is 2.23. The number of nitrogens with zero attached hydrogens (tertiary/aromatic N) is 1. The van der Waals surface area contributed by atoms with E-state index < -0.39 is 11.7 Å². The first-order valence-corrected chi connectivity index (χ1v) is 6.79. The van der Waals surface area contributed by atoms with Crippen molar-refractivity contribution in [1.82, 2.24) is 0 Å². The second kappa shape index (κ2) is 6.19. The molecule has 0 bridgehead atoms. The summed E-state index contributed by atoms with van der Waals surface area (Å²) in [5, 5.41) is 11.6. The summed E-state index contributed by atoms with van der Waals surface area (Å²) in [6.07, 6.45) is -4.42. The van der Waals surface area contributed by atoms with Crippen molar-refractivity contribution in [1.29, 1.82) is 5.26 Å². The lowest BCUT2D eigenvalue weighted by Gasteiger charge is -2.15. The van der Waals surface area contributed by atoms with Crippen LogP contribution in [0.2, 0.25) is 0 Å². The summed E-state index contributed by atoms with van der Waals surface area (Å²) in [4.78, 5) is 0. The molecule has 0 aliphatic carbocycles. The lowest BCUT2D eigenvalue weighted by Crippen LogP contribution is -2.10. The van der Waals surface area contributed by atoms with Crippen molar-refractivity contribution >= 4 is 21.6 Å². The molecule has 2 aromatic carbocycles. The Morgan fingerprint density at radius 2 is 1.90 bits per heavy atom. The van der Waals surface area contributed by atoms with Crippen LogP contribution in [0, 0.1) is 11.3 Å². The van der Waals surface area contributed by atoms with Gasteiger partial charge in [0.15, 0.2) is 0 Å². The number of benzene rings is 2. The third kappa shape index (κ3) is 3.99. The molecule has 2 nitrogen and oxygen atoms in total. The molecule has 21 heavy (non-hydrogen) atoms. The van der Waals surface area contributed by atoms with Crippen LogP contribution in [-0.2, 0) is 12.7 Å². The minimum Gasteiger partial charge on any atom is -0.380 e. The normalized spacial score (nSPS) is 11.0. The van der Waals surface area contributed by atoms with E-state index in [1.165, 1.54) is 12.1 Å². The SMILES string of the molecule is N#Cc1cccc(CNc2cc(Br)ccc2C(F)(F)F)c1. The van der Waals surface area contributed by atoms with Crippen LogP contribution < -0.4 is 5.32 Å². The highest BCUT2D eigenvalue weighted by atomic mass is 79.9. The quantitative estimate of drug-likeness (QED) is 0.846. The van der Waals surface area contributed by atoms with Gasteiger partial charge in [0.25, 0.3) is 0 Å². The van der Waals surface area contributed by atoms with E-state index in [9.17, 15) is 13.2 Å². The minimum atomic E-state index is -4.42. The van der Waals surface area contributed by atoms with Crippen molar-refractivity contribution in [3.63, 3.8) is 0 Å². The lowest BCUT2D eigenvalue weighted by atomic mass is 10.1. The Labute approximate surface area is 128 Å². The molecule has 2 rings (SSSR count). The molecule has 0 fully saturated rings. The van der Waals surface area contributed by atoms with Crippen LogP contribution in [0.5, 0.6) is 0 Å². The maximum absolute atomic E-state index is 12.9. The van der Waals surface area contributed by atoms with Gasteiger partial charge < -0.3 is 5.32 Å². The van der Waals surface area contributed by atoms with Gasteiger partial charge in [-0.15, -0.1) is 0 Å². The molecule has 2 aromatic rings. The van der Waals surface area contributed by atoms with E-state index in [1.54, 1.807) is 24.3 Å². The van der Waals surface area contributed by atoms with E-state index in [1.807, 2.05) is 6.07 Å². The zero-order valence-electron chi connectivity index (χ0n) is 10.7. The summed E-state index contributed by atoms with van der Waals surface area (Å²) in [6, 6.07) is 12.5. The monoisotopic (exact) mass is 354 g/mol. The van der Waals surface area contributed by atoms with Gasteiger partial charge in [-0.2, -0.15) is 18.4 Å². The molecular weight excluding hydrogens is 345 g/mol. The summed E-state index contributed by atoms with van der Waals surface area (Å²) >= 11 is 3.16. The first-order chi connectivity index (χ1) is 9.90. The van der Waals surface area contributed by atoms with Crippen molar-refractivity contribution in [2.75, 3.05) is 5.32 Å². The van der Waals surface area contributed by atoms with Gasteiger partial charge in [-0.25, -0.2) is 0 Å². The summed E-state index contributed by atoms with van der Waals surface area (Å²) in [7, 11) is 0. The van der Waals surface area contributed by atoms with Crippen molar-refractivity contribution in [3.8, 4) is 6.07 Å². The lowest BCUT2D eigenvalue weighted by molar-refractivity contribution is -0.137. The zero-order valence-corrected chi connectivity index (χ0v) is 12.3. The summed E-state index contributed by atoms with van der Waals surface area (Å²) in [6.45, 7) is 0.203. The van der Waals surface area contributed by atoms with Crippen LogP contribution in [0.3, 0.4) is 0 Å². The smallest absolute Gasteiger partial charge is 0.380 e. The van der Waals surface area contributed by atoms with Crippen LogP contribution in [0.25, 0.3) is 0 Å². The molecule has 0 atom stereocenters. The molecule has 0 saturated heterocycles. The molecule has 0 saturated carbocycles. The van der Waals surface area contributed by atoms with E-state index in [0.29, 0.717) is 10.0 Å². The molecule has 6 heteroatoms. The first-order valence-electron chi connectivity index (χ1n) is 6.00. The molecule has 0 heterocycles. The van der Waals surface area contributed by atoms with Gasteiger partial charge in [0.1, 0.15) is 0 Å². The van der Waals surface area contributed by atoms with E-state index >= 15 is 0 Å². The first kappa shape index (κ1) is 15.4. The molecule has 0 amide bonds. The van der Waals surface area contributed by atoms with Gasteiger partial charge in [-0.1, -0.05) is 28.1 Å². The second-order valence-corrected chi connectivity index (χ2v) is 5.27. The zero-order chi connectivity index (χ0) is 15.5. The van der Waals surface area contributed by atoms with Gasteiger partial charge in [0.05, 0.1) is 17.2 Å². The molecule has 0 spiro atoms. The van der Waals surface area contributed by atoms with Crippen LogP contribution >= 0.6 is 15.9 Å². The average Bonchev–Trinajstić information content (AvgIpc) is 2.44. The number of nitrogens with one attached hydrogen (secondary N) is 1. The Kier molecular flexibility index (Phi) is 4.53. The van der Waals surface area contributed by atoms with Crippen LogP contribution in [-0.4, -0.2) is 0 Å². The number of hydrogen-bond acceptors (Lipinski definition) is 2. The largest absolute Gasteiger partial charge is 0.418 e. The summed E-state index contributed by atoms with van der Waals surface area (Å²) in [5.41, 5.74) is 0.489. The highest BCUT2D eigenvalue weighted by molar-refractivity contribution is 9.10. The minimum absolute atomic E-state index is 0.000708. The highest BCUT2D eigenvalue weighted by Gasteiger charge is 2.33. The predicted octanol–water partition coefficient (Wildman–Crippen LogP) is 4.95. The Hall–Kier alpha value is -2.00. The maximum atomic E-state index is 12.9. The molecule has 0 aliphatic heterocycles. The molecule has 0 aromatic heterocycles. The van der Waals surface area contributed by atoms with Crippen molar-refractivity contribution in [3.05, 3.63) is 63.6 Å². The molecule has 1 N–H and O–H groups in total. The fraction of sp³-hybridized carbons (Fsp3) is 0.133. The third-order valence-electron chi connectivity index (χ3n) is 2.83. The van der Waals surface area contributed by atoms with Crippen molar-refractivity contribution in [2.24, 2.45) is 0 Å². The van der Waals surface area contributed by atoms with E-state index in [0.717, 1.165) is 11.6 Å². The molecule has 0 unspecified atom stereocenters. The Morgan fingerprint density at radius 3 is 2.57 bits per heavy atom. The molecule has 0 radical (unpaired) electrons. The van der Waals surface area contributed by atoms with Gasteiger partial charge in [-0.05, 0) is 35.9 Å². The number of nitriles is 1. The van der Waals surface area contributed by atoms with E-state index in [4.69, 9.17) is 5.26 Å². The van der Waals surface area contributed by atoms with Gasteiger partial charge in [0.2, 0.25) is 0 Å². The summed E-state index contributed by atoms with van der Waals surface area (Å²) in [5.74, 6) is 0. The fourth-order valence-electron chi connectivity index (χ4n) is 1.86. The van der Waals surface area contributed by atoms with Crippen LogP contribution in [0.1, 0.15) is 16.7 Å². The highest BCUT2D eigenvalue weighted by Crippen LogP contribution is 2.36. The number of hydrogen-bond donors (Lipinski definition) is 1. The Morgan fingerprint density at radius 1 is 1.14 bits per heavy atom. The third-order valence-corrected chi connectivity index (χ3v) is 3.32. The van der Waals surface area contributed by atoms with E-state index in [2.05, 4.69) is 21.2 Å². The fourth-order valence-corrected chi connectivity index (χ4v) is 2.22. The number of halogens is 4. The number of alkyl halides is 3. The average molecular weight is 355 g/mol. The second-order valence-electron chi connectivity index (χ2n) is 4.35. The molecule has 108 valence electrons. The summed E-state index contributed by atoms with van der Waals surface area (Å²) < 4.78 is 39.3. The molecule has 0 aliphatic rings. The standard InChI is InChI=1S/C15H10BrF3N2/c16-12-4-5-13(15(17,18)19)14(7-12)21-9-11-3-1-2-10(6-11)8-20/h1-7,21H,9H2.